The number of carbonyl (C=O) groups is 1. The van der Waals surface area contributed by atoms with Gasteiger partial charge in [0.05, 0.1) is 17.3 Å². The molecule has 0 unspecified atom stereocenters. The molecule has 0 aliphatic heterocycles. The third kappa shape index (κ3) is 2.66. The van der Waals surface area contributed by atoms with E-state index in [1.165, 1.54) is 0 Å². The van der Waals surface area contributed by atoms with E-state index in [4.69, 9.17) is 17.3 Å². The Kier molecular flexibility index (Phi) is 3.45. The zero-order valence-corrected chi connectivity index (χ0v) is 11.7. The summed E-state index contributed by atoms with van der Waals surface area (Å²) in [5.74, 6) is 0.409. The van der Waals surface area contributed by atoms with Gasteiger partial charge in [-0.2, -0.15) is 0 Å². The molecule has 0 fully saturated rings. The number of rotatable bonds is 3. The lowest BCUT2D eigenvalue weighted by molar-refractivity contribution is 0.0950. The first-order valence-electron chi connectivity index (χ1n) is 6.27. The SMILES string of the molecule is Nc1cc(C(=O)NCc2nnc3ccccn23)ccc1Cl. The van der Waals surface area contributed by atoms with E-state index < -0.39 is 0 Å². The van der Waals surface area contributed by atoms with Crippen LogP contribution in [-0.4, -0.2) is 20.5 Å². The third-order valence-electron chi connectivity index (χ3n) is 3.05. The van der Waals surface area contributed by atoms with Crippen molar-refractivity contribution in [3.63, 3.8) is 0 Å². The average Bonchev–Trinajstić information content (AvgIpc) is 2.91. The zero-order chi connectivity index (χ0) is 14.8. The van der Waals surface area contributed by atoms with Crippen molar-refractivity contribution < 1.29 is 4.79 Å². The van der Waals surface area contributed by atoms with Crippen molar-refractivity contribution in [3.05, 3.63) is 59.0 Å². The number of fused-ring (bicyclic) bond motifs is 1. The molecule has 0 aliphatic rings. The molecule has 0 radical (unpaired) electrons. The molecule has 7 heteroatoms. The molecule has 0 saturated carbocycles. The van der Waals surface area contributed by atoms with Crippen LogP contribution < -0.4 is 11.1 Å². The van der Waals surface area contributed by atoms with Crippen molar-refractivity contribution in [1.82, 2.24) is 19.9 Å². The van der Waals surface area contributed by atoms with E-state index in [1.54, 1.807) is 18.2 Å². The summed E-state index contributed by atoms with van der Waals surface area (Å²) in [6, 6.07) is 10.4. The van der Waals surface area contributed by atoms with E-state index in [1.807, 2.05) is 28.8 Å². The summed E-state index contributed by atoms with van der Waals surface area (Å²) in [6.07, 6.45) is 1.84. The number of pyridine rings is 1. The van der Waals surface area contributed by atoms with E-state index >= 15 is 0 Å². The Morgan fingerprint density at radius 2 is 2.14 bits per heavy atom. The van der Waals surface area contributed by atoms with Gasteiger partial charge < -0.3 is 11.1 Å². The summed E-state index contributed by atoms with van der Waals surface area (Å²) in [5, 5.41) is 11.3. The molecule has 1 aromatic carbocycles. The van der Waals surface area contributed by atoms with E-state index in [9.17, 15) is 4.79 Å². The molecule has 3 N–H and O–H groups in total. The van der Waals surface area contributed by atoms with Gasteiger partial charge in [-0.25, -0.2) is 0 Å². The molecule has 3 rings (SSSR count). The van der Waals surface area contributed by atoms with Crippen LogP contribution in [0.15, 0.2) is 42.6 Å². The minimum absolute atomic E-state index is 0.244. The molecule has 2 aromatic heterocycles. The molecule has 21 heavy (non-hydrogen) atoms. The van der Waals surface area contributed by atoms with Gasteiger partial charge in [-0.1, -0.05) is 17.7 Å². The first-order chi connectivity index (χ1) is 10.1. The summed E-state index contributed by atoms with van der Waals surface area (Å²) in [7, 11) is 0. The number of halogens is 1. The highest BCUT2D eigenvalue weighted by Gasteiger charge is 2.10. The van der Waals surface area contributed by atoms with Gasteiger partial charge in [-0.15, -0.1) is 10.2 Å². The maximum absolute atomic E-state index is 12.1. The lowest BCUT2D eigenvalue weighted by Gasteiger charge is -2.05. The van der Waals surface area contributed by atoms with Gasteiger partial charge in [-0.05, 0) is 30.3 Å². The van der Waals surface area contributed by atoms with E-state index in [2.05, 4.69) is 15.5 Å². The van der Waals surface area contributed by atoms with Gasteiger partial charge in [0.1, 0.15) is 0 Å². The second-order valence-electron chi connectivity index (χ2n) is 4.46. The molecule has 0 spiro atoms. The number of anilines is 1. The van der Waals surface area contributed by atoms with Gasteiger partial charge >= 0.3 is 0 Å². The Morgan fingerprint density at radius 1 is 1.29 bits per heavy atom. The summed E-state index contributed by atoms with van der Waals surface area (Å²) in [5.41, 5.74) is 7.24. The molecule has 106 valence electrons. The lowest BCUT2D eigenvalue weighted by Crippen LogP contribution is -2.24. The zero-order valence-electron chi connectivity index (χ0n) is 11.0. The summed E-state index contributed by atoms with van der Waals surface area (Å²) >= 11 is 5.83. The van der Waals surface area contributed by atoms with Gasteiger partial charge in [0.2, 0.25) is 0 Å². The predicted molar refractivity (Wildman–Crippen MR) is 80.0 cm³/mol. The first kappa shape index (κ1) is 13.4. The van der Waals surface area contributed by atoms with Crippen LogP contribution in [0.5, 0.6) is 0 Å². The number of nitrogens with one attached hydrogen (secondary N) is 1. The van der Waals surface area contributed by atoms with Crippen molar-refractivity contribution in [1.29, 1.82) is 0 Å². The van der Waals surface area contributed by atoms with E-state index in [0.717, 1.165) is 5.65 Å². The largest absolute Gasteiger partial charge is 0.398 e. The maximum atomic E-state index is 12.1. The van der Waals surface area contributed by atoms with Gasteiger partial charge in [-0.3, -0.25) is 9.20 Å². The van der Waals surface area contributed by atoms with E-state index in [0.29, 0.717) is 22.1 Å². The highest BCUT2D eigenvalue weighted by atomic mass is 35.5. The number of nitrogens with zero attached hydrogens (tertiary/aromatic N) is 3. The fourth-order valence-corrected chi connectivity index (χ4v) is 2.08. The Bertz CT molecular complexity index is 814. The van der Waals surface area contributed by atoms with Crippen molar-refractivity contribution in [2.24, 2.45) is 0 Å². The molecule has 3 aromatic rings. The fourth-order valence-electron chi connectivity index (χ4n) is 1.96. The topological polar surface area (TPSA) is 85.3 Å². The Labute approximate surface area is 125 Å². The molecular formula is C14H12ClN5O. The van der Waals surface area contributed by atoms with Gasteiger partial charge in [0.15, 0.2) is 11.5 Å². The normalized spacial score (nSPS) is 10.7. The number of nitrogens with two attached hydrogens (primary N) is 1. The minimum atomic E-state index is -0.244. The van der Waals surface area contributed by atoms with Crippen molar-refractivity contribution in [2.45, 2.75) is 6.54 Å². The quantitative estimate of drug-likeness (QED) is 0.724. The molecule has 0 saturated heterocycles. The molecule has 2 heterocycles. The molecular weight excluding hydrogens is 290 g/mol. The van der Waals surface area contributed by atoms with Crippen LogP contribution in [0.4, 0.5) is 5.69 Å². The Morgan fingerprint density at radius 3 is 2.95 bits per heavy atom. The molecule has 0 atom stereocenters. The Balaban J connectivity index is 1.75. The predicted octanol–water partition coefficient (Wildman–Crippen LogP) is 1.89. The van der Waals surface area contributed by atoms with Crippen LogP contribution >= 0.6 is 11.6 Å². The summed E-state index contributed by atoms with van der Waals surface area (Å²) in [6.45, 7) is 0.270. The van der Waals surface area contributed by atoms with Crippen LogP contribution in [0.1, 0.15) is 16.2 Å². The first-order valence-corrected chi connectivity index (χ1v) is 6.65. The van der Waals surface area contributed by atoms with Crippen LogP contribution in [0.2, 0.25) is 5.02 Å². The van der Waals surface area contributed by atoms with Crippen LogP contribution in [0.25, 0.3) is 5.65 Å². The van der Waals surface area contributed by atoms with Crippen LogP contribution in [0.3, 0.4) is 0 Å². The highest BCUT2D eigenvalue weighted by molar-refractivity contribution is 6.33. The number of amides is 1. The second kappa shape index (κ2) is 5.41. The average molecular weight is 302 g/mol. The van der Waals surface area contributed by atoms with Crippen LogP contribution in [-0.2, 0) is 6.54 Å². The Hall–Kier alpha value is -2.60. The van der Waals surface area contributed by atoms with Crippen molar-refractivity contribution >= 4 is 28.8 Å². The number of hydrogen-bond donors (Lipinski definition) is 2. The smallest absolute Gasteiger partial charge is 0.251 e. The van der Waals surface area contributed by atoms with Gasteiger partial charge in [0, 0.05) is 11.8 Å². The lowest BCUT2D eigenvalue weighted by atomic mass is 10.2. The molecule has 0 bridgehead atoms. The van der Waals surface area contributed by atoms with Crippen LogP contribution in [0, 0.1) is 0 Å². The highest BCUT2D eigenvalue weighted by Crippen LogP contribution is 2.19. The van der Waals surface area contributed by atoms with E-state index in [-0.39, 0.29) is 12.5 Å². The summed E-state index contributed by atoms with van der Waals surface area (Å²) in [4.78, 5) is 12.1. The minimum Gasteiger partial charge on any atom is -0.398 e. The number of hydrogen-bond acceptors (Lipinski definition) is 4. The maximum Gasteiger partial charge on any atom is 0.251 e. The molecule has 1 amide bonds. The fraction of sp³-hybridized carbons (Fsp3) is 0.0714. The molecule has 6 nitrogen and oxygen atoms in total. The summed E-state index contributed by atoms with van der Waals surface area (Å²) < 4.78 is 1.82. The van der Waals surface area contributed by atoms with Crippen molar-refractivity contribution in [2.75, 3.05) is 5.73 Å². The number of benzene rings is 1. The van der Waals surface area contributed by atoms with Gasteiger partial charge in [0.25, 0.3) is 5.91 Å². The second-order valence-corrected chi connectivity index (χ2v) is 4.87. The number of nitrogen functional groups attached to an aromatic ring is 1. The standard InChI is InChI=1S/C14H12ClN5O/c15-10-5-4-9(7-11(10)16)14(21)17-8-13-19-18-12-3-1-2-6-20(12)13/h1-7H,8,16H2,(H,17,21). The monoisotopic (exact) mass is 301 g/mol. The third-order valence-corrected chi connectivity index (χ3v) is 3.39. The molecule has 0 aliphatic carbocycles. The number of aromatic nitrogens is 3. The number of carbonyl (C=O) groups excluding carboxylic acids is 1. The van der Waals surface area contributed by atoms with Crippen molar-refractivity contribution in [3.8, 4) is 0 Å².